The van der Waals surface area contributed by atoms with Crippen LogP contribution < -0.4 is 10.1 Å². The van der Waals surface area contributed by atoms with E-state index in [-0.39, 0.29) is 17.6 Å². The molecular formula is C33H38N2O5. The van der Waals surface area contributed by atoms with Gasteiger partial charge in [0.1, 0.15) is 18.4 Å². The van der Waals surface area contributed by atoms with Crippen LogP contribution in [-0.2, 0) is 20.7 Å². The Bertz CT molecular complexity index is 1290. The Morgan fingerprint density at radius 1 is 0.925 bits per heavy atom. The van der Waals surface area contributed by atoms with Crippen molar-refractivity contribution in [3.05, 3.63) is 95.6 Å². The fourth-order valence-electron chi connectivity index (χ4n) is 4.58. The average molecular weight is 543 g/mol. The van der Waals surface area contributed by atoms with Gasteiger partial charge in [-0.2, -0.15) is 0 Å². The highest BCUT2D eigenvalue weighted by Gasteiger charge is 2.27. The number of amides is 1. The molecule has 0 aliphatic heterocycles. The van der Waals surface area contributed by atoms with Crippen LogP contribution in [0.1, 0.15) is 48.2 Å². The molecule has 0 heterocycles. The van der Waals surface area contributed by atoms with Gasteiger partial charge in [0.15, 0.2) is 5.78 Å². The quantitative estimate of drug-likeness (QED) is 0.217. The molecule has 1 fully saturated rings. The summed E-state index contributed by atoms with van der Waals surface area (Å²) in [6, 6.07) is 23.1. The van der Waals surface area contributed by atoms with Crippen LogP contribution in [0.2, 0.25) is 0 Å². The topological polar surface area (TPSA) is 84.9 Å². The number of hydrogen-bond acceptors (Lipinski definition) is 6. The second-order valence-corrected chi connectivity index (χ2v) is 10.5. The van der Waals surface area contributed by atoms with Crippen LogP contribution in [0.4, 0.5) is 5.69 Å². The molecule has 3 aromatic carbocycles. The van der Waals surface area contributed by atoms with Crippen molar-refractivity contribution in [3.8, 4) is 5.75 Å². The number of hydrogen-bond donors (Lipinski definition) is 1. The van der Waals surface area contributed by atoms with Gasteiger partial charge in [0.25, 0.3) is 0 Å². The zero-order chi connectivity index (χ0) is 28.5. The lowest BCUT2D eigenvalue weighted by molar-refractivity contribution is -0.141. The third-order valence-corrected chi connectivity index (χ3v) is 7.00. The normalized spacial score (nSPS) is 13.4. The lowest BCUT2D eigenvalue weighted by Crippen LogP contribution is -2.38. The fourth-order valence-corrected chi connectivity index (χ4v) is 4.58. The molecule has 40 heavy (non-hydrogen) atoms. The van der Waals surface area contributed by atoms with Crippen molar-refractivity contribution in [1.82, 2.24) is 4.90 Å². The number of methoxy groups -OCH3 is 1. The van der Waals surface area contributed by atoms with E-state index in [0.717, 1.165) is 12.1 Å². The summed E-state index contributed by atoms with van der Waals surface area (Å²) in [4.78, 5) is 40.3. The van der Waals surface area contributed by atoms with Crippen molar-refractivity contribution < 1.29 is 23.9 Å². The number of carbonyl (C=O) groups excluding carboxylic acids is 3. The van der Waals surface area contributed by atoms with Crippen LogP contribution in [0, 0.1) is 11.8 Å². The number of ketones is 1. The molecule has 1 N–H and O–H groups in total. The number of esters is 1. The minimum Gasteiger partial charge on any atom is -0.492 e. The Kier molecular flexibility index (Phi) is 9.95. The molecule has 1 aliphatic carbocycles. The van der Waals surface area contributed by atoms with E-state index in [4.69, 9.17) is 9.47 Å². The molecule has 4 rings (SSSR count). The highest BCUT2D eigenvalue weighted by atomic mass is 16.5. The maximum atomic E-state index is 13.1. The van der Waals surface area contributed by atoms with Crippen molar-refractivity contribution >= 4 is 23.3 Å². The largest absolute Gasteiger partial charge is 0.492 e. The van der Waals surface area contributed by atoms with Crippen LogP contribution in [-0.4, -0.2) is 55.4 Å². The molecule has 1 amide bonds. The van der Waals surface area contributed by atoms with Crippen molar-refractivity contribution in [3.63, 3.8) is 0 Å². The molecule has 0 radical (unpaired) electrons. The number of nitrogens with zero attached hydrogens (tertiary/aromatic N) is 1. The van der Waals surface area contributed by atoms with E-state index in [1.54, 1.807) is 30.3 Å². The van der Waals surface area contributed by atoms with E-state index in [9.17, 15) is 14.4 Å². The molecule has 0 unspecified atom stereocenters. The van der Waals surface area contributed by atoms with E-state index in [0.29, 0.717) is 48.1 Å². The maximum absolute atomic E-state index is 13.1. The van der Waals surface area contributed by atoms with E-state index in [1.165, 1.54) is 20.0 Å². The third kappa shape index (κ3) is 7.94. The molecule has 7 nitrogen and oxygen atoms in total. The summed E-state index contributed by atoms with van der Waals surface area (Å²) in [5.41, 5.74) is 2.54. The number of para-hydroxylation sites is 1. The number of ether oxygens (including phenoxy) is 2. The summed E-state index contributed by atoms with van der Waals surface area (Å²) in [5, 5.41) is 3.23. The Balaban J connectivity index is 1.38. The van der Waals surface area contributed by atoms with E-state index >= 15 is 0 Å². The smallest absolute Gasteiger partial charge is 0.328 e. The Morgan fingerprint density at radius 3 is 2.25 bits per heavy atom. The van der Waals surface area contributed by atoms with Crippen molar-refractivity contribution in [2.45, 2.75) is 39.2 Å². The summed E-state index contributed by atoms with van der Waals surface area (Å²) >= 11 is 0. The summed E-state index contributed by atoms with van der Waals surface area (Å²) in [7, 11) is 1.35. The number of rotatable bonds is 14. The second-order valence-electron chi connectivity index (χ2n) is 10.5. The highest BCUT2D eigenvalue weighted by Crippen LogP contribution is 2.30. The lowest BCUT2D eigenvalue weighted by Gasteiger charge is -2.24. The Labute approximate surface area is 236 Å². The standard InChI is InChI=1S/C33H38N2O5/c1-23(2)32(37)35(22-25-13-14-25)19-20-40-27-17-15-24(16-18-27)21-30(33(38)39-3)34-29-12-8-7-11-28(29)31(36)26-9-5-4-6-10-26/h4-12,15-18,23,25,30,34H,13-14,19-22H2,1-3H3/t30-/m0/s1. The molecule has 0 saturated heterocycles. The molecule has 3 aromatic rings. The third-order valence-electron chi connectivity index (χ3n) is 7.00. The van der Waals surface area contributed by atoms with Gasteiger partial charge in [-0.25, -0.2) is 4.79 Å². The van der Waals surface area contributed by atoms with Crippen LogP contribution in [0.25, 0.3) is 0 Å². The molecule has 1 atom stereocenters. The number of benzene rings is 3. The van der Waals surface area contributed by atoms with Gasteiger partial charge in [-0.3, -0.25) is 9.59 Å². The van der Waals surface area contributed by atoms with Gasteiger partial charge in [0.05, 0.1) is 13.7 Å². The number of anilines is 1. The van der Waals surface area contributed by atoms with Crippen LogP contribution >= 0.6 is 0 Å². The van der Waals surface area contributed by atoms with Gasteiger partial charge < -0.3 is 19.7 Å². The van der Waals surface area contributed by atoms with Crippen LogP contribution in [0.15, 0.2) is 78.9 Å². The molecule has 0 spiro atoms. The molecule has 7 heteroatoms. The van der Waals surface area contributed by atoms with Gasteiger partial charge in [-0.05, 0) is 48.6 Å². The minimum absolute atomic E-state index is 0.0298. The molecule has 210 valence electrons. The predicted octanol–water partition coefficient (Wildman–Crippen LogP) is 5.39. The zero-order valence-corrected chi connectivity index (χ0v) is 23.5. The van der Waals surface area contributed by atoms with Gasteiger partial charge in [0, 0.05) is 35.7 Å². The number of carbonyl (C=O) groups is 3. The summed E-state index contributed by atoms with van der Waals surface area (Å²) < 4.78 is 11.0. The minimum atomic E-state index is -0.695. The Hall–Kier alpha value is -4.13. The van der Waals surface area contributed by atoms with Crippen LogP contribution in [0.3, 0.4) is 0 Å². The SMILES string of the molecule is COC(=O)[C@H](Cc1ccc(OCCN(CC2CC2)C(=O)C(C)C)cc1)Nc1ccccc1C(=O)c1ccccc1. The molecule has 1 aliphatic rings. The summed E-state index contributed by atoms with van der Waals surface area (Å²) in [6.07, 6.45) is 2.75. The second kappa shape index (κ2) is 13.8. The predicted molar refractivity (Wildman–Crippen MR) is 156 cm³/mol. The average Bonchev–Trinajstić information content (AvgIpc) is 3.81. The first-order valence-electron chi connectivity index (χ1n) is 13.9. The van der Waals surface area contributed by atoms with Gasteiger partial charge in [-0.1, -0.05) is 68.4 Å². The lowest BCUT2D eigenvalue weighted by atomic mass is 10.00. The maximum Gasteiger partial charge on any atom is 0.328 e. The molecule has 0 bridgehead atoms. The van der Waals surface area contributed by atoms with Crippen molar-refractivity contribution in [2.24, 2.45) is 11.8 Å². The fraction of sp³-hybridized carbons (Fsp3) is 0.364. The summed E-state index contributed by atoms with van der Waals surface area (Å²) in [6.45, 7) is 5.64. The van der Waals surface area contributed by atoms with E-state index < -0.39 is 12.0 Å². The van der Waals surface area contributed by atoms with Crippen LogP contribution in [0.5, 0.6) is 5.75 Å². The first-order chi connectivity index (χ1) is 19.4. The molecular weight excluding hydrogens is 504 g/mol. The van der Waals surface area contributed by atoms with Gasteiger partial charge in [0.2, 0.25) is 5.91 Å². The first kappa shape index (κ1) is 28.9. The van der Waals surface area contributed by atoms with Gasteiger partial charge >= 0.3 is 5.97 Å². The molecule has 0 aromatic heterocycles. The first-order valence-corrected chi connectivity index (χ1v) is 13.9. The van der Waals surface area contributed by atoms with Crippen molar-refractivity contribution in [2.75, 3.05) is 32.1 Å². The number of nitrogens with one attached hydrogen (secondary N) is 1. The van der Waals surface area contributed by atoms with Gasteiger partial charge in [-0.15, -0.1) is 0 Å². The highest BCUT2D eigenvalue weighted by molar-refractivity contribution is 6.12. The summed E-state index contributed by atoms with van der Waals surface area (Å²) in [5.74, 6) is 0.916. The monoisotopic (exact) mass is 542 g/mol. The Morgan fingerprint density at radius 2 is 1.60 bits per heavy atom. The van der Waals surface area contributed by atoms with Crippen molar-refractivity contribution in [1.29, 1.82) is 0 Å². The van der Waals surface area contributed by atoms with E-state index in [2.05, 4.69) is 5.32 Å². The zero-order valence-electron chi connectivity index (χ0n) is 23.5. The molecule has 1 saturated carbocycles. The van der Waals surface area contributed by atoms with E-state index in [1.807, 2.05) is 67.3 Å².